The molecule has 0 aromatic heterocycles. The monoisotopic (exact) mass is 300 g/mol. The molecule has 2 aromatic carbocycles. The van der Waals surface area contributed by atoms with Gasteiger partial charge in [0.05, 0.1) is 20.8 Å². The molecule has 0 N–H and O–H groups in total. The van der Waals surface area contributed by atoms with Crippen LogP contribution in [0.2, 0.25) is 0 Å². The van der Waals surface area contributed by atoms with Gasteiger partial charge < -0.3 is 14.2 Å². The summed E-state index contributed by atoms with van der Waals surface area (Å²) in [4.78, 5) is 12.4. The van der Waals surface area contributed by atoms with Crippen LogP contribution in [0.3, 0.4) is 0 Å². The van der Waals surface area contributed by atoms with Crippen molar-refractivity contribution in [3.8, 4) is 17.2 Å². The van der Waals surface area contributed by atoms with Gasteiger partial charge in [-0.1, -0.05) is 12.1 Å². The Labute approximate surface area is 130 Å². The molecule has 0 spiro atoms. The summed E-state index contributed by atoms with van der Waals surface area (Å²) < 4.78 is 15.8. The van der Waals surface area contributed by atoms with Crippen molar-refractivity contribution >= 4 is 5.78 Å². The quantitative estimate of drug-likeness (QED) is 0.734. The molecule has 0 heterocycles. The highest BCUT2D eigenvalue weighted by atomic mass is 16.5. The summed E-state index contributed by atoms with van der Waals surface area (Å²) in [6.45, 7) is 2.57. The highest BCUT2D eigenvalue weighted by molar-refractivity contribution is 5.98. The van der Waals surface area contributed by atoms with Crippen molar-refractivity contribution < 1.29 is 19.0 Å². The Hall–Kier alpha value is -2.49. The van der Waals surface area contributed by atoms with Crippen LogP contribution in [0.25, 0.3) is 0 Å². The number of benzene rings is 2. The van der Waals surface area contributed by atoms with Gasteiger partial charge in [0.1, 0.15) is 5.75 Å². The van der Waals surface area contributed by atoms with Crippen LogP contribution in [0.5, 0.6) is 17.2 Å². The van der Waals surface area contributed by atoms with E-state index in [-0.39, 0.29) is 5.78 Å². The number of hydrogen-bond donors (Lipinski definition) is 0. The fourth-order valence-corrected chi connectivity index (χ4v) is 2.17. The molecule has 0 unspecified atom stereocenters. The molecule has 2 aromatic rings. The molecule has 0 aliphatic rings. The van der Waals surface area contributed by atoms with E-state index in [9.17, 15) is 4.79 Å². The topological polar surface area (TPSA) is 44.8 Å². The average molecular weight is 300 g/mol. The lowest BCUT2D eigenvalue weighted by Crippen LogP contribution is -2.04. The van der Waals surface area contributed by atoms with Crippen molar-refractivity contribution in [2.45, 2.75) is 13.3 Å². The third kappa shape index (κ3) is 3.79. The first-order valence-corrected chi connectivity index (χ1v) is 7.15. The smallest absolute Gasteiger partial charge is 0.167 e. The van der Waals surface area contributed by atoms with Gasteiger partial charge in [-0.05, 0) is 42.8 Å². The second-order valence-electron chi connectivity index (χ2n) is 4.75. The summed E-state index contributed by atoms with van der Waals surface area (Å²) in [5.41, 5.74) is 1.55. The van der Waals surface area contributed by atoms with Gasteiger partial charge in [-0.2, -0.15) is 0 Å². The highest BCUT2D eigenvalue weighted by Gasteiger charge is 2.11. The summed E-state index contributed by atoms with van der Waals surface area (Å²) in [6.07, 6.45) is 0.335. The van der Waals surface area contributed by atoms with Crippen LogP contribution in [0, 0.1) is 0 Å². The zero-order chi connectivity index (χ0) is 15.9. The maximum Gasteiger partial charge on any atom is 0.167 e. The second-order valence-corrected chi connectivity index (χ2v) is 4.75. The molecule has 0 atom stereocenters. The minimum Gasteiger partial charge on any atom is -0.494 e. The number of ketones is 1. The Balaban J connectivity index is 2.11. The summed E-state index contributed by atoms with van der Waals surface area (Å²) in [6, 6.07) is 12.8. The molecule has 4 heteroatoms. The molecular weight excluding hydrogens is 280 g/mol. The number of carbonyl (C=O) groups is 1. The van der Waals surface area contributed by atoms with E-state index in [1.54, 1.807) is 32.4 Å². The minimum absolute atomic E-state index is 0.0325. The van der Waals surface area contributed by atoms with E-state index in [0.717, 1.165) is 11.3 Å². The lowest BCUT2D eigenvalue weighted by molar-refractivity contribution is 0.0992. The Morgan fingerprint density at radius 3 is 2.23 bits per heavy atom. The van der Waals surface area contributed by atoms with Gasteiger partial charge in [-0.15, -0.1) is 0 Å². The molecule has 0 radical (unpaired) electrons. The molecule has 0 amide bonds. The summed E-state index contributed by atoms with van der Waals surface area (Å²) in [7, 11) is 3.12. The van der Waals surface area contributed by atoms with Crippen molar-refractivity contribution in [1.29, 1.82) is 0 Å². The van der Waals surface area contributed by atoms with Gasteiger partial charge in [-0.3, -0.25) is 4.79 Å². The molecule has 0 saturated heterocycles. The van der Waals surface area contributed by atoms with Crippen LogP contribution >= 0.6 is 0 Å². The molecule has 0 aliphatic carbocycles. The predicted molar refractivity (Wildman–Crippen MR) is 85.2 cm³/mol. The van der Waals surface area contributed by atoms with E-state index in [2.05, 4.69) is 0 Å². The Morgan fingerprint density at radius 1 is 0.955 bits per heavy atom. The third-order valence-electron chi connectivity index (χ3n) is 3.30. The Bertz CT molecular complexity index is 632. The first-order valence-electron chi connectivity index (χ1n) is 7.15. The number of rotatable bonds is 7. The lowest BCUT2D eigenvalue weighted by atomic mass is 10.0. The predicted octanol–water partition coefficient (Wildman–Crippen LogP) is 3.53. The first-order chi connectivity index (χ1) is 10.7. The van der Waals surface area contributed by atoms with E-state index in [4.69, 9.17) is 14.2 Å². The number of ether oxygens (including phenoxy) is 3. The van der Waals surface area contributed by atoms with Gasteiger partial charge in [0, 0.05) is 12.0 Å². The molecule has 0 bridgehead atoms. The van der Waals surface area contributed by atoms with E-state index in [1.807, 2.05) is 31.2 Å². The van der Waals surface area contributed by atoms with Crippen molar-refractivity contribution in [3.63, 3.8) is 0 Å². The summed E-state index contributed by atoms with van der Waals surface area (Å²) in [5, 5.41) is 0. The zero-order valence-electron chi connectivity index (χ0n) is 13.1. The van der Waals surface area contributed by atoms with Crippen LogP contribution in [0.4, 0.5) is 0 Å². The summed E-state index contributed by atoms with van der Waals surface area (Å²) in [5.74, 6) is 2.01. The molecule has 0 fully saturated rings. The zero-order valence-corrected chi connectivity index (χ0v) is 13.1. The fraction of sp³-hybridized carbons (Fsp3) is 0.278. The van der Waals surface area contributed by atoms with Gasteiger partial charge in [-0.25, -0.2) is 0 Å². The largest absolute Gasteiger partial charge is 0.494 e. The van der Waals surface area contributed by atoms with Gasteiger partial charge in [0.25, 0.3) is 0 Å². The Morgan fingerprint density at radius 2 is 1.64 bits per heavy atom. The van der Waals surface area contributed by atoms with Gasteiger partial charge in [0.2, 0.25) is 0 Å². The Kier molecular flexibility index (Phi) is 5.42. The lowest BCUT2D eigenvalue weighted by Gasteiger charge is -2.09. The number of Topliss-reactive ketones (excluding diaryl/α,β-unsaturated/α-hetero) is 1. The van der Waals surface area contributed by atoms with Crippen molar-refractivity contribution in [2.24, 2.45) is 0 Å². The molecule has 0 aliphatic heterocycles. The van der Waals surface area contributed by atoms with E-state index in [1.165, 1.54) is 0 Å². The molecule has 0 saturated carbocycles. The normalized spacial score (nSPS) is 10.1. The minimum atomic E-state index is 0.0325. The standard InChI is InChI=1S/C18H20O4/c1-4-22-15-8-5-13(6-9-15)11-16(19)14-7-10-17(20-2)18(12-14)21-3/h5-10,12H,4,11H2,1-3H3. The first kappa shape index (κ1) is 15.9. The van der Waals surface area contributed by atoms with Crippen molar-refractivity contribution in [3.05, 3.63) is 53.6 Å². The van der Waals surface area contributed by atoms with Crippen LogP contribution < -0.4 is 14.2 Å². The van der Waals surface area contributed by atoms with E-state index in [0.29, 0.717) is 30.1 Å². The number of carbonyl (C=O) groups excluding carboxylic acids is 1. The summed E-state index contributed by atoms with van der Waals surface area (Å²) >= 11 is 0. The highest BCUT2D eigenvalue weighted by Crippen LogP contribution is 2.28. The van der Waals surface area contributed by atoms with Crippen molar-refractivity contribution in [1.82, 2.24) is 0 Å². The SMILES string of the molecule is CCOc1ccc(CC(=O)c2ccc(OC)c(OC)c2)cc1. The van der Waals surface area contributed by atoms with Gasteiger partial charge in [0.15, 0.2) is 17.3 Å². The number of methoxy groups -OCH3 is 2. The fourth-order valence-electron chi connectivity index (χ4n) is 2.17. The maximum atomic E-state index is 12.4. The molecule has 116 valence electrons. The third-order valence-corrected chi connectivity index (χ3v) is 3.30. The van der Waals surface area contributed by atoms with E-state index >= 15 is 0 Å². The van der Waals surface area contributed by atoms with Crippen LogP contribution in [0.1, 0.15) is 22.8 Å². The van der Waals surface area contributed by atoms with E-state index < -0.39 is 0 Å². The average Bonchev–Trinajstić information content (AvgIpc) is 2.56. The van der Waals surface area contributed by atoms with Crippen LogP contribution in [-0.2, 0) is 6.42 Å². The van der Waals surface area contributed by atoms with Gasteiger partial charge >= 0.3 is 0 Å². The molecular formula is C18H20O4. The van der Waals surface area contributed by atoms with Crippen LogP contribution in [0.15, 0.2) is 42.5 Å². The molecule has 22 heavy (non-hydrogen) atoms. The molecule has 4 nitrogen and oxygen atoms in total. The number of hydrogen-bond acceptors (Lipinski definition) is 4. The van der Waals surface area contributed by atoms with Crippen LogP contribution in [-0.4, -0.2) is 26.6 Å². The molecule has 2 rings (SSSR count). The maximum absolute atomic E-state index is 12.4. The van der Waals surface area contributed by atoms with Crippen molar-refractivity contribution in [2.75, 3.05) is 20.8 Å². The second kappa shape index (κ2) is 7.50.